The molecule has 1 aliphatic carbocycles. The summed E-state index contributed by atoms with van der Waals surface area (Å²) in [6, 6.07) is 4.06. The molecule has 5 unspecified atom stereocenters. The van der Waals surface area contributed by atoms with Gasteiger partial charge in [-0.3, -0.25) is 0 Å². The minimum absolute atomic E-state index is 0.0245. The average molecular weight is 288 g/mol. The summed E-state index contributed by atoms with van der Waals surface area (Å²) >= 11 is 0. The molecule has 1 aromatic rings. The van der Waals surface area contributed by atoms with Crippen LogP contribution >= 0.6 is 0 Å². The predicted molar refractivity (Wildman–Crippen MR) is 80.9 cm³/mol. The van der Waals surface area contributed by atoms with Crippen molar-refractivity contribution in [3.63, 3.8) is 0 Å². The molecule has 21 heavy (non-hydrogen) atoms. The zero-order chi connectivity index (χ0) is 14.8. The van der Waals surface area contributed by atoms with E-state index >= 15 is 0 Å². The molecule has 4 rings (SSSR count). The molecule has 1 aromatic carbocycles. The number of methoxy groups -OCH3 is 2. The van der Waals surface area contributed by atoms with Crippen LogP contribution in [0.1, 0.15) is 43.9 Å². The highest BCUT2D eigenvalue weighted by Gasteiger charge is 2.62. The monoisotopic (exact) mass is 288 g/mol. The molecule has 2 heterocycles. The first kappa shape index (κ1) is 13.4. The van der Waals surface area contributed by atoms with Crippen LogP contribution in [-0.2, 0) is 11.2 Å². The summed E-state index contributed by atoms with van der Waals surface area (Å²) in [6.45, 7) is 4.70. The van der Waals surface area contributed by atoms with Gasteiger partial charge in [-0.2, -0.15) is 0 Å². The molecular weight excluding hydrogens is 264 g/mol. The Hall–Kier alpha value is -1.22. The van der Waals surface area contributed by atoms with Gasteiger partial charge in [-0.25, -0.2) is 0 Å². The van der Waals surface area contributed by atoms with Gasteiger partial charge < -0.3 is 14.2 Å². The Bertz CT molecular complexity index is 582. The number of hydrogen-bond donors (Lipinski definition) is 0. The number of rotatable bonds is 2. The summed E-state index contributed by atoms with van der Waals surface area (Å²) in [5.74, 6) is 3.78. The van der Waals surface area contributed by atoms with Crippen LogP contribution in [0, 0.1) is 17.8 Å². The topological polar surface area (TPSA) is 27.7 Å². The van der Waals surface area contributed by atoms with E-state index in [2.05, 4.69) is 13.8 Å². The molecule has 3 aliphatic rings. The van der Waals surface area contributed by atoms with E-state index in [4.69, 9.17) is 14.2 Å². The lowest BCUT2D eigenvalue weighted by Crippen LogP contribution is -2.41. The SMILES string of the molecule is COc1ccc(OC)c2c1CC13OC2C(C)C1CCC3C. The summed E-state index contributed by atoms with van der Waals surface area (Å²) in [7, 11) is 3.51. The van der Waals surface area contributed by atoms with Crippen LogP contribution in [0.15, 0.2) is 12.1 Å². The van der Waals surface area contributed by atoms with Crippen LogP contribution in [0.5, 0.6) is 11.5 Å². The van der Waals surface area contributed by atoms with Crippen molar-refractivity contribution in [3.05, 3.63) is 23.3 Å². The maximum absolute atomic E-state index is 6.67. The van der Waals surface area contributed by atoms with E-state index in [9.17, 15) is 0 Å². The molecule has 1 spiro atoms. The van der Waals surface area contributed by atoms with Crippen LogP contribution in [0.2, 0.25) is 0 Å². The minimum Gasteiger partial charge on any atom is -0.496 e. The van der Waals surface area contributed by atoms with Crippen molar-refractivity contribution in [2.24, 2.45) is 17.8 Å². The minimum atomic E-state index is 0.0245. The van der Waals surface area contributed by atoms with Crippen molar-refractivity contribution < 1.29 is 14.2 Å². The Kier molecular flexibility index (Phi) is 2.81. The maximum Gasteiger partial charge on any atom is 0.125 e. The molecular formula is C18H24O3. The molecule has 0 radical (unpaired) electrons. The molecule has 0 amide bonds. The fourth-order valence-electron chi connectivity index (χ4n) is 5.18. The second-order valence-corrected chi connectivity index (χ2v) is 6.98. The normalized spacial score (nSPS) is 39.8. The fraction of sp³-hybridized carbons (Fsp3) is 0.667. The van der Waals surface area contributed by atoms with Crippen LogP contribution in [0.4, 0.5) is 0 Å². The molecule has 0 aromatic heterocycles. The number of ether oxygens (including phenoxy) is 3. The van der Waals surface area contributed by atoms with Gasteiger partial charge in [0.25, 0.3) is 0 Å². The molecule has 2 fully saturated rings. The Morgan fingerprint density at radius 2 is 1.81 bits per heavy atom. The van der Waals surface area contributed by atoms with Crippen LogP contribution in [-0.4, -0.2) is 19.8 Å². The van der Waals surface area contributed by atoms with Gasteiger partial charge >= 0.3 is 0 Å². The van der Waals surface area contributed by atoms with Gasteiger partial charge in [-0.15, -0.1) is 0 Å². The van der Waals surface area contributed by atoms with Gasteiger partial charge in [0, 0.05) is 17.5 Å². The zero-order valence-electron chi connectivity index (χ0n) is 13.3. The lowest BCUT2D eigenvalue weighted by Gasteiger charge is -2.39. The summed E-state index contributed by atoms with van der Waals surface area (Å²) in [6.07, 6.45) is 3.70. The Morgan fingerprint density at radius 3 is 2.52 bits per heavy atom. The Morgan fingerprint density at radius 1 is 1.10 bits per heavy atom. The molecule has 1 saturated heterocycles. The first-order valence-corrected chi connectivity index (χ1v) is 8.04. The molecule has 3 nitrogen and oxygen atoms in total. The molecule has 2 bridgehead atoms. The second kappa shape index (κ2) is 4.39. The van der Waals surface area contributed by atoms with Crippen LogP contribution in [0.25, 0.3) is 0 Å². The first-order chi connectivity index (χ1) is 10.1. The fourth-order valence-corrected chi connectivity index (χ4v) is 5.18. The zero-order valence-corrected chi connectivity index (χ0v) is 13.3. The lowest BCUT2D eigenvalue weighted by molar-refractivity contribution is -0.0898. The van der Waals surface area contributed by atoms with Gasteiger partial charge in [-0.05, 0) is 42.7 Å². The van der Waals surface area contributed by atoms with Crippen molar-refractivity contribution in [2.75, 3.05) is 14.2 Å². The van der Waals surface area contributed by atoms with E-state index in [-0.39, 0.29) is 11.7 Å². The summed E-state index contributed by atoms with van der Waals surface area (Å²) in [5, 5.41) is 0. The summed E-state index contributed by atoms with van der Waals surface area (Å²) in [4.78, 5) is 0. The molecule has 5 atom stereocenters. The van der Waals surface area contributed by atoms with Crippen molar-refractivity contribution in [2.45, 2.75) is 44.8 Å². The van der Waals surface area contributed by atoms with E-state index in [0.717, 1.165) is 17.9 Å². The molecule has 1 saturated carbocycles. The standard InChI is InChI=1S/C18H24O3/c1-10-5-6-13-11(2)17-16-12(9-18(10,13)21-17)14(19-3)7-8-15(16)20-4/h7-8,10-11,13,17H,5-6,9H2,1-4H3. The molecule has 114 valence electrons. The highest BCUT2D eigenvalue weighted by Crippen LogP contribution is 2.64. The van der Waals surface area contributed by atoms with Gasteiger partial charge in [0.15, 0.2) is 0 Å². The molecule has 2 aliphatic heterocycles. The smallest absolute Gasteiger partial charge is 0.125 e. The van der Waals surface area contributed by atoms with Crippen LogP contribution < -0.4 is 9.47 Å². The van der Waals surface area contributed by atoms with Gasteiger partial charge in [-0.1, -0.05) is 13.8 Å². The number of benzene rings is 1. The van der Waals surface area contributed by atoms with E-state index in [0.29, 0.717) is 17.8 Å². The third kappa shape index (κ3) is 1.53. The Balaban J connectivity index is 1.92. The number of hydrogen-bond acceptors (Lipinski definition) is 3. The molecule has 3 heteroatoms. The van der Waals surface area contributed by atoms with Crippen LogP contribution in [0.3, 0.4) is 0 Å². The van der Waals surface area contributed by atoms with Crippen molar-refractivity contribution in [3.8, 4) is 11.5 Å². The predicted octanol–water partition coefficient (Wildman–Crippen LogP) is 3.75. The van der Waals surface area contributed by atoms with E-state index in [1.807, 2.05) is 12.1 Å². The van der Waals surface area contributed by atoms with Gasteiger partial charge in [0.05, 0.1) is 25.9 Å². The van der Waals surface area contributed by atoms with Crippen molar-refractivity contribution >= 4 is 0 Å². The highest BCUT2D eigenvalue weighted by atomic mass is 16.5. The highest BCUT2D eigenvalue weighted by molar-refractivity contribution is 5.53. The largest absolute Gasteiger partial charge is 0.496 e. The quantitative estimate of drug-likeness (QED) is 0.829. The Labute approximate surface area is 126 Å². The summed E-state index contributed by atoms with van der Waals surface area (Å²) in [5.41, 5.74) is 2.57. The third-order valence-corrected chi connectivity index (χ3v) is 6.28. The van der Waals surface area contributed by atoms with E-state index < -0.39 is 0 Å². The first-order valence-electron chi connectivity index (χ1n) is 8.04. The third-order valence-electron chi connectivity index (χ3n) is 6.28. The van der Waals surface area contributed by atoms with Crippen molar-refractivity contribution in [1.29, 1.82) is 0 Å². The number of fused-ring (bicyclic) bond motifs is 3. The summed E-state index contributed by atoms with van der Waals surface area (Å²) < 4.78 is 17.9. The second-order valence-electron chi connectivity index (χ2n) is 6.98. The van der Waals surface area contributed by atoms with Gasteiger partial charge in [0.1, 0.15) is 11.5 Å². The average Bonchev–Trinajstić information content (AvgIpc) is 2.92. The van der Waals surface area contributed by atoms with E-state index in [1.165, 1.54) is 24.0 Å². The van der Waals surface area contributed by atoms with E-state index in [1.54, 1.807) is 14.2 Å². The maximum atomic E-state index is 6.67. The molecule has 0 N–H and O–H groups in total. The lowest BCUT2D eigenvalue weighted by atomic mass is 9.78. The van der Waals surface area contributed by atoms with Crippen molar-refractivity contribution in [1.82, 2.24) is 0 Å². The van der Waals surface area contributed by atoms with Gasteiger partial charge in [0.2, 0.25) is 0 Å².